The van der Waals surface area contributed by atoms with E-state index >= 15 is 0 Å². The topological polar surface area (TPSA) is 43.1 Å². The Morgan fingerprint density at radius 1 is 1.33 bits per heavy atom. The van der Waals surface area contributed by atoms with Crippen molar-refractivity contribution in [1.82, 2.24) is 19.4 Å². The van der Waals surface area contributed by atoms with Crippen LogP contribution in [0, 0.1) is 6.92 Å². The van der Waals surface area contributed by atoms with E-state index in [9.17, 15) is 0 Å². The molecule has 0 unspecified atom stereocenters. The standard InChI is InChI=1S/C10H7ClN4/c1-6-2-3-15-7(4-6)14-8-9(11)12-5-13-10(8)15/h2-5H,1H3. The van der Waals surface area contributed by atoms with Gasteiger partial charge in [0.15, 0.2) is 10.8 Å². The van der Waals surface area contributed by atoms with Crippen molar-refractivity contribution < 1.29 is 0 Å². The lowest BCUT2D eigenvalue weighted by Gasteiger charge is -1.95. The second-order valence-corrected chi connectivity index (χ2v) is 3.74. The Kier molecular flexibility index (Phi) is 1.67. The van der Waals surface area contributed by atoms with Gasteiger partial charge in [0, 0.05) is 6.20 Å². The first-order valence-electron chi connectivity index (χ1n) is 4.50. The lowest BCUT2D eigenvalue weighted by Crippen LogP contribution is -1.87. The van der Waals surface area contributed by atoms with Crippen LogP contribution in [0.4, 0.5) is 0 Å². The van der Waals surface area contributed by atoms with Crippen LogP contribution in [-0.2, 0) is 0 Å². The van der Waals surface area contributed by atoms with Gasteiger partial charge in [-0.15, -0.1) is 0 Å². The molecule has 0 fully saturated rings. The molecule has 0 saturated carbocycles. The highest BCUT2D eigenvalue weighted by molar-refractivity contribution is 6.33. The van der Waals surface area contributed by atoms with E-state index in [1.54, 1.807) is 0 Å². The van der Waals surface area contributed by atoms with Crippen molar-refractivity contribution in [1.29, 1.82) is 0 Å². The molecule has 0 aromatic carbocycles. The van der Waals surface area contributed by atoms with Crippen LogP contribution in [0.5, 0.6) is 0 Å². The van der Waals surface area contributed by atoms with Gasteiger partial charge in [0.05, 0.1) is 0 Å². The average molecular weight is 219 g/mol. The van der Waals surface area contributed by atoms with Crippen LogP contribution in [0.1, 0.15) is 5.56 Å². The Morgan fingerprint density at radius 3 is 3.07 bits per heavy atom. The van der Waals surface area contributed by atoms with Crippen LogP contribution in [0.15, 0.2) is 24.7 Å². The minimum atomic E-state index is 0.390. The number of nitrogens with zero attached hydrogens (tertiary/aromatic N) is 4. The van der Waals surface area contributed by atoms with Crippen LogP contribution in [-0.4, -0.2) is 19.4 Å². The molecule has 0 amide bonds. The highest BCUT2D eigenvalue weighted by Gasteiger charge is 2.08. The number of rotatable bonds is 0. The Bertz CT molecular complexity index is 659. The smallest absolute Gasteiger partial charge is 0.169 e. The first-order valence-corrected chi connectivity index (χ1v) is 4.88. The fourth-order valence-electron chi connectivity index (χ4n) is 1.59. The summed E-state index contributed by atoms with van der Waals surface area (Å²) in [5.74, 6) is 0. The molecule has 0 spiro atoms. The molecule has 0 radical (unpaired) electrons. The summed E-state index contributed by atoms with van der Waals surface area (Å²) in [4.78, 5) is 12.4. The quantitative estimate of drug-likeness (QED) is 0.544. The summed E-state index contributed by atoms with van der Waals surface area (Å²) in [7, 11) is 0. The molecule has 0 saturated heterocycles. The zero-order chi connectivity index (χ0) is 10.4. The molecular weight excluding hydrogens is 212 g/mol. The van der Waals surface area contributed by atoms with Crippen molar-refractivity contribution in [3.05, 3.63) is 35.4 Å². The summed E-state index contributed by atoms with van der Waals surface area (Å²) >= 11 is 5.94. The predicted octanol–water partition coefficient (Wildman–Crippen LogP) is 2.24. The zero-order valence-electron chi connectivity index (χ0n) is 7.98. The van der Waals surface area contributed by atoms with Crippen LogP contribution < -0.4 is 0 Å². The summed E-state index contributed by atoms with van der Waals surface area (Å²) in [6, 6.07) is 3.99. The van der Waals surface area contributed by atoms with Gasteiger partial charge in [-0.1, -0.05) is 11.6 Å². The maximum absolute atomic E-state index is 5.94. The number of pyridine rings is 1. The first kappa shape index (κ1) is 8.61. The van der Waals surface area contributed by atoms with Crippen molar-refractivity contribution in [3.8, 4) is 0 Å². The zero-order valence-corrected chi connectivity index (χ0v) is 8.73. The second-order valence-electron chi connectivity index (χ2n) is 3.38. The molecule has 15 heavy (non-hydrogen) atoms. The minimum Gasteiger partial charge on any atom is -0.284 e. The number of halogens is 1. The number of aromatic nitrogens is 4. The molecule has 0 atom stereocenters. The van der Waals surface area contributed by atoms with Gasteiger partial charge in [0.2, 0.25) is 0 Å². The van der Waals surface area contributed by atoms with E-state index in [-0.39, 0.29) is 0 Å². The molecule has 74 valence electrons. The minimum absolute atomic E-state index is 0.390. The van der Waals surface area contributed by atoms with E-state index < -0.39 is 0 Å². The van der Waals surface area contributed by atoms with Gasteiger partial charge in [-0.25, -0.2) is 15.0 Å². The van der Waals surface area contributed by atoms with E-state index in [1.165, 1.54) is 6.33 Å². The normalized spacial score (nSPS) is 11.3. The predicted molar refractivity (Wildman–Crippen MR) is 58.0 cm³/mol. The largest absolute Gasteiger partial charge is 0.284 e. The molecular formula is C10H7ClN4. The Labute approximate surface area is 90.6 Å². The van der Waals surface area contributed by atoms with Crippen molar-refractivity contribution in [3.63, 3.8) is 0 Å². The summed E-state index contributed by atoms with van der Waals surface area (Å²) in [6.45, 7) is 2.02. The molecule has 0 bridgehead atoms. The number of hydrogen-bond acceptors (Lipinski definition) is 3. The fourth-order valence-corrected chi connectivity index (χ4v) is 1.76. The molecule has 0 aliphatic carbocycles. The third kappa shape index (κ3) is 1.18. The van der Waals surface area contributed by atoms with E-state index in [0.29, 0.717) is 10.7 Å². The summed E-state index contributed by atoms with van der Waals surface area (Å²) < 4.78 is 1.90. The third-order valence-corrected chi connectivity index (χ3v) is 2.58. The van der Waals surface area contributed by atoms with E-state index in [2.05, 4.69) is 15.0 Å². The van der Waals surface area contributed by atoms with Gasteiger partial charge in [-0.05, 0) is 24.6 Å². The lowest BCUT2D eigenvalue weighted by atomic mass is 10.3. The van der Waals surface area contributed by atoms with Crippen LogP contribution in [0.25, 0.3) is 16.8 Å². The van der Waals surface area contributed by atoms with E-state index in [0.717, 1.165) is 16.9 Å². The molecule has 3 aromatic heterocycles. The maximum Gasteiger partial charge on any atom is 0.169 e. The summed E-state index contributed by atoms with van der Waals surface area (Å²) in [6.07, 6.45) is 3.38. The first-order chi connectivity index (χ1) is 7.25. The molecule has 0 N–H and O–H groups in total. The Morgan fingerprint density at radius 2 is 2.20 bits per heavy atom. The lowest BCUT2D eigenvalue weighted by molar-refractivity contribution is 1.14. The molecule has 0 aliphatic heterocycles. The molecule has 0 aliphatic rings. The van der Waals surface area contributed by atoms with Crippen molar-refractivity contribution in [2.24, 2.45) is 0 Å². The van der Waals surface area contributed by atoms with Crippen LogP contribution >= 0.6 is 11.6 Å². The SMILES string of the molecule is Cc1ccn2c(c1)nc1c(Cl)ncnc12. The molecule has 3 aromatic rings. The molecule has 3 rings (SSSR count). The average Bonchev–Trinajstić information content (AvgIpc) is 2.57. The fraction of sp³-hybridized carbons (Fsp3) is 0.100. The van der Waals surface area contributed by atoms with Gasteiger partial charge >= 0.3 is 0 Å². The molecule has 3 heterocycles. The Hall–Kier alpha value is -1.68. The second kappa shape index (κ2) is 2.90. The van der Waals surface area contributed by atoms with Crippen LogP contribution in [0.2, 0.25) is 5.15 Å². The van der Waals surface area contributed by atoms with Gasteiger partial charge < -0.3 is 0 Å². The monoisotopic (exact) mass is 218 g/mol. The van der Waals surface area contributed by atoms with Gasteiger partial charge in [-0.3, -0.25) is 4.40 Å². The van der Waals surface area contributed by atoms with Crippen molar-refractivity contribution >= 4 is 28.4 Å². The number of fused-ring (bicyclic) bond motifs is 3. The number of imidazole rings is 1. The van der Waals surface area contributed by atoms with Gasteiger partial charge in [0.25, 0.3) is 0 Å². The van der Waals surface area contributed by atoms with Gasteiger partial charge in [0.1, 0.15) is 17.5 Å². The van der Waals surface area contributed by atoms with Crippen molar-refractivity contribution in [2.75, 3.05) is 0 Å². The highest BCUT2D eigenvalue weighted by atomic mass is 35.5. The van der Waals surface area contributed by atoms with Gasteiger partial charge in [-0.2, -0.15) is 0 Å². The van der Waals surface area contributed by atoms with Crippen molar-refractivity contribution in [2.45, 2.75) is 6.92 Å². The maximum atomic E-state index is 5.94. The summed E-state index contributed by atoms with van der Waals surface area (Å²) in [5.41, 5.74) is 3.38. The van der Waals surface area contributed by atoms with E-state index in [1.807, 2.05) is 29.7 Å². The molecule has 5 heteroatoms. The van der Waals surface area contributed by atoms with E-state index in [4.69, 9.17) is 11.6 Å². The number of aryl methyl sites for hydroxylation is 1. The highest BCUT2D eigenvalue weighted by Crippen LogP contribution is 2.20. The Balaban J connectivity index is 2.57. The summed E-state index contributed by atoms with van der Waals surface area (Å²) in [5, 5.41) is 0.390. The molecule has 4 nitrogen and oxygen atoms in total. The number of hydrogen-bond donors (Lipinski definition) is 0. The third-order valence-electron chi connectivity index (χ3n) is 2.30. The van der Waals surface area contributed by atoms with Crippen LogP contribution in [0.3, 0.4) is 0 Å².